The highest BCUT2D eigenvalue weighted by Gasteiger charge is 1.99. The van der Waals surface area contributed by atoms with E-state index >= 15 is 0 Å². The van der Waals surface area contributed by atoms with Gasteiger partial charge in [0.05, 0.1) is 12.3 Å². The third kappa shape index (κ3) is 1.28. The minimum absolute atomic E-state index is 0.125. The number of aryl methyl sites for hydroxylation is 1. The second-order valence-electron chi connectivity index (χ2n) is 1.80. The van der Waals surface area contributed by atoms with Crippen molar-refractivity contribution < 1.29 is 5.11 Å². The standard InChI is InChI=1S/C6H9NOS/c1-2-6-5(3-8)4-9-7-6/h4,8H,2-3H2,1H3. The van der Waals surface area contributed by atoms with E-state index in [1.807, 2.05) is 12.3 Å². The molecule has 0 saturated carbocycles. The summed E-state index contributed by atoms with van der Waals surface area (Å²) in [5.41, 5.74) is 2.00. The van der Waals surface area contributed by atoms with Crippen LogP contribution in [0.25, 0.3) is 0 Å². The Balaban J connectivity index is 2.85. The molecule has 0 aliphatic carbocycles. The molecule has 0 aromatic carbocycles. The van der Waals surface area contributed by atoms with Gasteiger partial charge < -0.3 is 5.11 Å². The molecule has 0 saturated heterocycles. The molecule has 0 fully saturated rings. The van der Waals surface area contributed by atoms with Crippen molar-refractivity contribution in [3.63, 3.8) is 0 Å². The van der Waals surface area contributed by atoms with E-state index in [-0.39, 0.29) is 6.61 Å². The molecule has 2 nitrogen and oxygen atoms in total. The fraction of sp³-hybridized carbons (Fsp3) is 0.500. The molecule has 0 radical (unpaired) electrons. The SMILES string of the molecule is CCc1nscc1CO. The Morgan fingerprint density at radius 3 is 3.00 bits per heavy atom. The van der Waals surface area contributed by atoms with Crippen LogP contribution in [0.5, 0.6) is 0 Å². The predicted octanol–water partition coefficient (Wildman–Crippen LogP) is 1.20. The van der Waals surface area contributed by atoms with Gasteiger partial charge in [-0.05, 0) is 18.0 Å². The maximum absolute atomic E-state index is 8.71. The van der Waals surface area contributed by atoms with Crippen molar-refractivity contribution in [3.8, 4) is 0 Å². The van der Waals surface area contributed by atoms with Crippen molar-refractivity contribution in [2.24, 2.45) is 0 Å². The van der Waals surface area contributed by atoms with Crippen molar-refractivity contribution in [2.45, 2.75) is 20.0 Å². The Labute approximate surface area is 58.3 Å². The summed E-state index contributed by atoms with van der Waals surface area (Å²) in [6.07, 6.45) is 0.916. The monoisotopic (exact) mass is 143 g/mol. The number of aromatic nitrogens is 1. The lowest BCUT2D eigenvalue weighted by Gasteiger charge is -1.90. The zero-order chi connectivity index (χ0) is 6.69. The van der Waals surface area contributed by atoms with Gasteiger partial charge in [0, 0.05) is 10.9 Å². The molecule has 1 N–H and O–H groups in total. The van der Waals surface area contributed by atoms with E-state index in [4.69, 9.17) is 5.11 Å². The molecule has 9 heavy (non-hydrogen) atoms. The van der Waals surface area contributed by atoms with Gasteiger partial charge in [0.1, 0.15) is 0 Å². The Kier molecular flexibility index (Phi) is 2.19. The molecular formula is C6H9NOS. The maximum atomic E-state index is 8.71. The lowest BCUT2D eigenvalue weighted by atomic mass is 10.2. The van der Waals surface area contributed by atoms with Gasteiger partial charge in [-0.1, -0.05) is 6.92 Å². The van der Waals surface area contributed by atoms with E-state index in [1.54, 1.807) is 0 Å². The van der Waals surface area contributed by atoms with Crippen molar-refractivity contribution >= 4 is 11.5 Å². The van der Waals surface area contributed by atoms with E-state index in [1.165, 1.54) is 11.5 Å². The normalized spacial score (nSPS) is 10.0. The molecule has 1 rings (SSSR count). The molecule has 0 aliphatic heterocycles. The van der Waals surface area contributed by atoms with Crippen molar-refractivity contribution in [1.29, 1.82) is 0 Å². The van der Waals surface area contributed by atoms with E-state index in [9.17, 15) is 0 Å². The maximum Gasteiger partial charge on any atom is 0.0708 e. The topological polar surface area (TPSA) is 33.1 Å². The fourth-order valence-corrected chi connectivity index (χ4v) is 1.46. The zero-order valence-corrected chi connectivity index (χ0v) is 6.11. The summed E-state index contributed by atoms with van der Waals surface area (Å²) in [7, 11) is 0. The summed E-state index contributed by atoms with van der Waals surface area (Å²) in [5.74, 6) is 0. The minimum Gasteiger partial charge on any atom is -0.392 e. The molecule has 1 aromatic rings. The summed E-state index contributed by atoms with van der Waals surface area (Å²) in [6.45, 7) is 2.16. The highest BCUT2D eigenvalue weighted by atomic mass is 32.1. The Morgan fingerprint density at radius 1 is 1.78 bits per heavy atom. The first-order chi connectivity index (χ1) is 4.38. The van der Waals surface area contributed by atoms with E-state index < -0.39 is 0 Å². The van der Waals surface area contributed by atoms with Crippen molar-refractivity contribution in [1.82, 2.24) is 4.37 Å². The number of hydrogen-bond donors (Lipinski definition) is 1. The third-order valence-electron chi connectivity index (χ3n) is 1.23. The van der Waals surface area contributed by atoms with E-state index in [0.29, 0.717) is 0 Å². The second kappa shape index (κ2) is 2.94. The molecule has 0 aliphatic rings. The van der Waals surface area contributed by atoms with Crippen LogP contribution in [-0.4, -0.2) is 9.48 Å². The average Bonchev–Trinajstić information content (AvgIpc) is 2.33. The number of nitrogens with zero attached hydrogens (tertiary/aromatic N) is 1. The Hall–Kier alpha value is -0.410. The first-order valence-electron chi connectivity index (χ1n) is 2.91. The van der Waals surface area contributed by atoms with E-state index in [0.717, 1.165) is 17.7 Å². The lowest BCUT2D eigenvalue weighted by molar-refractivity contribution is 0.281. The van der Waals surface area contributed by atoms with Crippen molar-refractivity contribution in [2.75, 3.05) is 0 Å². The van der Waals surface area contributed by atoms with Gasteiger partial charge in [-0.25, -0.2) is 0 Å². The van der Waals surface area contributed by atoms with Gasteiger partial charge in [-0.3, -0.25) is 0 Å². The van der Waals surface area contributed by atoms with Gasteiger partial charge in [-0.2, -0.15) is 4.37 Å². The number of hydrogen-bond acceptors (Lipinski definition) is 3. The molecule has 1 heterocycles. The largest absolute Gasteiger partial charge is 0.392 e. The first-order valence-corrected chi connectivity index (χ1v) is 3.75. The summed E-state index contributed by atoms with van der Waals surface area (Å²) in [4.78, 5) is 0. The molecule has 0 unspecified atom stereocenters. The molecule has 50 valence electrons. The number of rotatable bonds is 2. The number of aliphatic hydroxyl groups excluding tert-OH is 1. The van der Waals surface area contributed by atoms with Crippen LogP contribution in [0.4, 0.5) is 0 Å². The van der Waals surface area contributed by atoms with Gasteiger partial charge in [-0.15, -0.1) is 0 Å². The molecule has 0 bridgehead atoms. The molecular weight excluding hydrogens is 134 g/mol. The van der Waals surface area contributed by atoms with Crippen LogP contribution in [-0.2, 0) is 13.0 Å². The predicted molar refractivity (Wildman–Crippen MR) is 37.4 cm³/mol. The fourth-order valence-electron chi connectivity index (χ4n) is 0.700. The highest BCUT2D eigenvalue weighted by molar-refractivity contribution is 7.03. The summed E-state index contributed by atoms with van der Waals surface area (Å²) >= 11 is 1.41. The highest BCUT2D eigenvalue weighted by Crippen LogP contribution is 2.09. The molecule has 0 spiro atoms. The smallest absolute Gasteiger partial charge is 0.0708 e. The molecule has 0 atom stereocenters. The molecule has 1 aromatic heterocycles. The third-order valence-corrected chi connectivity index (χ3v) is 1.95. The van der Waals surface area contributed by atoms with Crippen LogP contribution in [0.3, 0.4) is 0 Å². The second-order valence-corrected chi connectivity index (χ2v) is 2.43. The van der Waals surface area contributed by atoms with Crippen LogP contribution < -0.4 is 0 Å². The van der Waals surface area contributed by atoms with Crippen LogP contribution in [0, 0.1) is 0 Å². The zero-order valence-electron chi connectivity index (χ0n) is 5.29. The van der Waals surface area contributed by atoms with Gasteiger partial charge in [0.15, 0.2) is 0 Å². The lowest BCUT2D eigenvalue weighted by Crippen LogP contribution is -1.87. The van der Waals surface area contributed by atoms with Crippen LogP contribution in [0.2, 0.25) is 0 Å². The average molecular weight is 143 g/mol. The number of aliphatic hydroxyl groups is 1. The summed E-state index contributed by atoms with van der Waals surface area (Å²) in [5, 5.41) is 10.6. The van der Waals surface area contributed by atoms with Crippen LogP contribution in [0.15, 0.2) is 5.38 Å². The van der Waals surface area contributed by atoms with Gasteiger partial charge in [0.25, 0.3) is 0 Å². The van der Waals surface area contributed by atoms with Crippen molar-refractivity contribution in [3.05, 3.63) is 16.6 Å². The first kappa shape index (κ1) is 6.71. The molecule has 3 heteroatoms. The van der Waals surface area contributed by atoms with Gasteiger partial charge in [0.2, 0.25) is 0 Å². The minimum atomic E-state index is 0.125. The van der Waals surface area contributed by atoms with Gasteiger partial charge >= 0.3 is 0 Å². The quantitative estimate of drug-likeness (QED) is 0.674. The molecule has 0 amide bonds. The Morgan fingerprint density at radius 2 is 2.56 bits per heavy atom. The summed E-state index contributed by atoms with van der Waals surface area (Å²) in [6, 6.07) is 0. The van der Waals surface area contributed by atoms with Crippen LogP contribution in [0.1, 0.15) is 18.2 Å². The Bertz CT molecular complexity index is 166. The van der Waals surface area contributed by atoms with Crippen LogP contribution >= 0.6 is 11.5 Å². The van der Waals surface area contributed by atoms with E-state index in [2.05, 4.69) is 4.37 Å². The summed E-state index contributed by atoms with van der Waals surface area (Å²) < 4.78 is 4.09.